The highest BCUT2D eigenvalue weighted by Gasteiger charge is 2.46. The summed E-state index contributed by atoms with van der Waals surface area (Å²) in [7, 11) is -10.9. The van der Waals surface area contributed by atoms with Crippen molar-refractivity contribution in [3.05, 3.63) is 71.4 Å². The Morgan fingerprint density at radius 2 is 1.38 bits per heavy atom. The number of allylic oxidation sites excluding steroid dienone is 8. The number of esters is 2. The van der Waals surface area contributed by atoms with E-state index in [0.717, 1.165) is 68.6 Å². The molecule has 0 saturated carbocycles. The van der Waals surface area contributed by atoms with Crippen molar-refractivity contribution in [1.29, 1.82) is 0 Å². The number of carbonyl (C=O) groups excluding carboxylic acids is 2. The molecule has 66 heavy (non-hydrogen) atoms. The van der Waals surface area contributed by atoms with Crippen molar-refractivity contribution in [3.63, 3.8) is 0 Å². The highest BCUT2D eigenvalue weighted by Crippen LogP contribution is 2.60. The molecule has 7 N–H and O–H groups in total. The molecule has 0 aromatic carbocycles. The normalized spacial score (nSPS) is 21.1. The van der Waals surface area contributed by atoms with Crippen LogP contribution in [-0.2, 0) is 46.3 Å². The van der Waals surface area contributed by atoms with Crippen molar-refractivity contribution in [3.8, 4) is 0 Å². The summed E-state index contributed by atoms with van der Waals surface area (Å²) in [5, 5.41) is 30.1. The van der Waals surface area contributed by atoms with E-state index < -0.39 is 83.7 Å². The van der Waals surface area contributed by atoms with Gasteiger partial charge in [-0.1, -0.05) is 107 Å². The first-order valence-electron chi connectivity index (χ1n) is 23.1. The summed E-state index contributed by atoms with van der Waals surface area (Å²) < 4.78 is 56.5. The molecule has 21 heteroatoms. The number of unbranched alkanes of at least 4 members (excludes halogenated alkanes) is 7. The number of nitrogens with zero attached hydrogens (tertiary/aromatic N) is 2. The number of nitrogens with two attached hydrogens (primary N) is 1. The number of aliphatic hydroxyl groups is 3. The Labute approximate surface area is 389 Å². The molecule has 0 amide bonds. The number of rotatable bonds is 36. The average Bonchev–Trinajstić information content (AvgIpc) is 3.53. The second kappa shape index (κ2) is 33.2. The maximum Gasteiger partial charge on any atom is 0.481 e. The van der Waals surface area contributed by atoms with E-state index >= 15 is 0 Å². The highest BCUT2D eigenvalue weighted by atomic mass is 31.3. The molecule has 2 rings (SSSR count). The van der Waals surface area contributed by atoms with E-state index in [1.165, 1.54) is 25.3 Å². The van der Waals surface area contributed by atoms with Gasteiger partial charge in [-0.2, -0.15) is 9.29 Å². The van der Waals surface area contributed by atoms with E-state index in [1.54, 1.807) is 6.92 Å². The van der Waals surface area contributed by atoms with E-state index in [0.29, 0.717) is 31.6 Å². The Morgan fingerprint density at radius 3 is 2.00 bits per heavy atom. The molecule has 9 atom stereocenters. The fraction of sp³-hybridized carbons (Fsp3) is 0.689. The van der Waals surface area contributed by atoms with Crippen LogP contribution in [0.5, 0.6) is 0 Å². The summed E-state index contributed by atoms with van der Waals surface area (Å²) in [6.07, 6.45) is 23.8. The van der Waals surface area contributed by atoms with Gasteiger partial charge in [-0.15, -0.1) is 0 Å². The maximum atomic E-state index is 12.8. The van der Waals surface area contributed by atoms with Gasteiger partial charge < -0.3 is 45.1 Å². The smallest absolute Gasteiger partial charge is 0.462 e. The quantitative estimate of drug-likeness (QED) is 0.0165. The minimum absolute atomic E-state index is 0.0388. The van der Waals surface area contributed by atoms with E-state index in [-0.39, 0.29) is 24.8 Å². The molecule has 1 saturated heterocycles. The molecule has 0 spiro atoms. The van der Waals surface area contributed by atoms with Gasteiger partial charge >= 0.3 is 33.3 Å². The number of hydrogen-bond donors (Lipinski definition) is 6. The van der Waals surface area contributed by atoms with E-state index in [2.05, 4.69) is 53.5 Å². The number of aliphatic hydroxyl groups excluding tert-OH is 3. The predicted octanol–water partition coefficient (Wildman–Crippen LogP) is 7.43. The number of phosphoric acid groups is 2. The number of aromatic nitrogens is 2. The third-order valence-electron chi connectivity index (χ3n) is 10.5. The van der Waals surface area contributed by atoms with Gasteiger partial charge in [0.15, 0.2) is 12.3 Å². The molecule has 3 unspecified atom stereocenters. The minimum Gasteiger partial charge on any atom is -0.462 e. The van der Waals surface area contributed by atoms with Crippen molar-refractivity contribution in [2.24, 2.45) is 5.92 Å². The van der Waals surface area contributed by atoms with Gasteiger partial charge in [0.1, 0.15) is 30.7 Å². The van der Waals surface area contributed by atoms with Gasteiger partial charge in [-0.05, 0) is 76.7 Å². The standard InChI is InChI=1S/C45H75N3O16P2/c1-4-35(2)26-22-18-16-17-20-24-28-40(50)59-32-37(62-41(51)29-25-21-15-13-11-9-7-5-6-8-10-12-14-19-23-27-36(3)49)33-60-65(55,56)64-66(57,58)61-34-38-42(52)43(53)44(63-38)48-31-30-39(46)47-45(48)54/h6-9,12-15,30-31,35-38,42-44,49,52-53H,4-5,10-11,16-29,32-34H2,1-3H3,(H,55,56)(H,57,58)(H2,46,47,54)/b8-6-,9-7-,14-12-,15-13-/t35?,36-,37+,38+,42+,43+,44+/m0/s1. The second-order valence-corrected chi connectivity index (χ2v) is 19.5. The van der Waals surface area contributed by atoms with Crippen LogP contribution in [0.3, 0.4) is 0 Å². The van der Waals surface area contributed by atoms with Crippen molar-refractivity contribution < 1.29 is 71.4 Å². The molecule has 1 aromatic heterocycles. The summed E-state index contributed by atoms with van der Waals surface area (Å²) in [4.78, 5) is 61.6. The molecule has 1 aromatic rings. The van der Waals surface area contributed by atoms with Gasteiger partial charge in [0, 0.05) is 19.0 Å². The molecule has 0 radical (unpaired) electrons. The van der Waals surface area contributed by atoms with Gasteiger partial charge in [-0.3, -0.25) is 23.2 Å². The van der Waals surface area contributed by atoms with E-state index in [1.807, 2.05) is 18.2 Å². The first kappa shape index (κ1) is 58.8. The van der Waals surface area contributed by atoms with E-state index in [9.17, 15) is 48.6 Å². The summed E-state index contributed by atoms with van der Waals surface area (Å²) >= 11 is 0. The summed E-state index contributed by atoms with van der Waals surface area (Å²) in [5.74, 6) is -0.677. The number of ether oxygens (including phenoxy) is 3. The number of nitrogen functional groups attached to an aromatic ring is 1. The Balaban J connectivity index is 1.86. The first-order valence-corrected chi connectivity index (χ1v) is 26.1. The Kier molecular flexibility index (Phi) is 29.6. The zero-order chi connectivity index (χ0) is 48.8. The lowest BCUT2D eigenvalue weighted by Gasteiger charge is -2.21. The van der Waals surface area contributed by atoms with Crippen molar-refractivity contribution in [1.82, 2.24) is 9.55 Å². The predicted molar refractivity (Wildman–Crippen MR) is 248 cm³/mol. The Bertz CT molecular complexity index is 1820. The fourth-order valence-corrected chi connectivity index (χ4v) is 8.59. The second-order valence-electron chi connectivity index (χ2n) is 16.4. The SMILES string of the molecule is CCC(C)CCCCCCCCC(=O)OC[C@H](COP(=O)(O)OP(=O)(O)OC[C@H]1O[C@@H](n2ccc(N)nc2=O)[C@H](O)[C@@H]1O)OC(=O)CCC/C=C\C/C=C\C/C=C\C/C=C\CCC[C@H](C)O. The zero-order valence-electron chi connectivity index (χ0n) is 38.8. The molecule has 1 fully saturated rings. The van der Waals surface area contributed by atoms with Crippen LogP contribution in [-0.4, -0.2) is 96.9 Å². The van der Waals surface area contributed by atoms with E-state index in [4.69, 9.17) is 29.0 Å². The molecule has 0 bridgehead atoms. The third-order valence-corrected chi connectivity index (χ3v) is 13.1. The van der Waals surface area contributed by atoms with Crippen molar-refractivity contribution >= 4 is 33.4 Å². The number of phosphoric ester groups is 2. The molecule has 19 nitrogen and oxygen atoms in total. The number of anilines is 1. The zero-order valence-corrected chi connectivity index (χ0v) is 40.5. The van der Waals surface area contributed by atoms with Crippen LogP contribution in [0.4, 0.5) is 5.82 Å². The largest absolute Gasteiger partial charge is 0.481 e. The minimum atomic E-state index is -5.44. The molecular weight excluding hydrogens is 900 g/mol. The average molecular weight is 976 g/mol. The van der Waals surface area contributed by atoms with Crippen LogP contribution in [0.15, 0.2) is 65.7 Å². The van der Waals surface area contributed by atoms with Crippen LogP contribution in [0, 0.1) is 5.92 Å². The van der Waals surface area contributed by atoms with Crippen LogP contribution < -0.4 is 11.4 Å². The van der Waals surface area contributed by atoms with Crippen molar-refractivity contribution in [2.45, 2.75) is 173 Å². The van der Waals surface area contributed by atoms with Crippen LogP contribution in [0.2, 0.25) is 0 Å². The van der Waals surface area contributed by atoms with Gasteiger partial charge in [0.25, 0.3) is 0 Å². The molecular formula is C45H75N3O16P2. The number of carbonyl (C=O) groups is 2. The lowest BCUT2D eigenvalue weighted by molar-refractivity contribution is -0.161. The Morgan fingerprint density at radius 1 is 0.803 bits per heavy atom. The fourth-order valence-electron chi connectivity index (χ4n) is 6.48. The number of hydrogen-bond acceptors (Lipinski definition) is 16. The third kappa shape index (κ3) is 26.9. The first-order chi connectivity index (χ1) is 31.4. The lowest BCUT2D eigenvalue weighted by Crippen LogP contribution is -2.36. The van der Waals surface area contributed by atoms with Gasteiger partial charge in [-0.25, -0.2) is 13.9 Å². The van der Waals surface area contributed by atoms with Gasteiger partial charge in [0.05, 0.1) is 19.3 Å². The molecule has 0 aliphatic carbocycles. The van der Waals surface area contributed by atoms with Crippen LogP contribution in [0.1, 0.15) is 143 Å². The summed E-state index contributed by atoms with van der Waals surface area (Å²) in [5.41, 5.74) is 4.57. The van der Waals surface area contributed by atoms with Gasteiger partial charge in [0.2, 0.25) is 0 Å². The van der Waals surface area contributed by atoms with Crippen LogP contribution >= 0.6 is 15.6 Å². The maximum absolute atomic E-state index is 12.8. The monoisotopic (exact) mass is 975 g/mol. The summed E-state index contributed by atoms with van der Waals surface area (Å²) in [6.45, 7) is 3.85. The Hall–Kier alpha value is -3.32. The highest BCUT2D eigenvalue weighted by molar-refractivity contribution is 7.61. The molecule has 1 aliphatic heterocycles. The lowest BCUT2D eigenvalue weighted by atomic mass is 10.00. The molecule has 1 aliphatic rings. The molecule has 2 heterocycles. The van der Waals surface area contributed by atoms with Crippen LogP contribution in [0.25, 0.3) is 0 Å². The summed E-state index contributed by atoms with van der Waals surface area (Å²) in [6, 6.07) is 1.24. The molecule has 376 valence electrons. The topological polar surface area (TPSA) is 286 Å². The van der Waals surface area contributed by atoms with Crippen molar-refractivity contribution in [2.75, 3.05) is 25.6 Å².